The predicted molar refractivity (Wildman–Crippen MR) is 51.2 cm³/mol. The number of rotatable bonds is 2. The van der Waals surface area contributed by atoms with Crippen LogP contribution in [0, 0.1) is 17.2 Å². The Hall–Kier alpha value is -1.33. The summed E-state index contributed by atoms with van der Waals surface area (Å²) in [5, 5.41) is 12.1. The summed E-state index contributed by atoms with van der Waals surface area (Å²) >= 11 is 0. The zero-order valence-electron chi connectivity index (χ0n) is 7.46. The van der Waals surface area contributed by atoms with E-state index < -0.39 is 0 Å². The van der Waals surface area contributed by atoms with Crippen molar-refractivity contribution >= 4 is 0 Å². The summed E-state index contributed by atoms with van der Waals surface area (Å²) in [5.74, 6) is 0.731. The van der Waals surface area contributed by atoms with Crippen molar-refractivity contribution in [3.05, 3.63) is 35.4 Å². The maximum absolute atomic E-state index is 8.86. The zero-order chi connectivity index (χ0) is 9.10. The van der Waals surface area contributed by atoms with E-state index >= 15 is 0 Å². The van der Waals surface area contributed by atoms with Crippen LogP contribution < -0.4 is 5.32 Å². The third-order valence-electron chi connectivity index (χ3n) is 2.51. The van der Waals surface area contributed by atoms with Gasteiger partial charge in [-0.3, -0.25) is 0 Å². The van der Waals surface area contributed by atoms with E-state index in [9.17, 15) is 0 Å². The second kappa shape index (κ2) is 3.59. The number of nitrogens with zero attached hydrogens (tertiary/aromatic N) is 1. The highest BCUT2D eigenvalue weighted by Crippen LogP contribution is 2.15. The topological polar surface area (TPSA) is 35.8 Å². The molecule has 66 valence electrons. The fraction of sp³-hybridized carbons (Fsp3) is 0.364. The number of nitrogens with one attached hydrogen (secondary N) is 1. The lowest BCUT2D eigenvalue weighted by Crippen LogP contribution is -2.43. The van der Waals surface area contributed by atoms with E-state index in [2.05, 4.69) is 17.5 Å². The van der Waals surface area contributed by atoms with Gasteiger partial charge in [0.1, 0.15) is 0 Å². The van der Waals surface area contributed by atoms with E-state index in [-0.39, 0.29) is 0 Å². The van der Waals surface area contributed by atoms with Crippen LogP contribution in [-0.2, 0) is 6.42 Å². The van der Waals surface area contributed by atoms with Gasteiger partial charge in [0, 0.05) is 0 Å². The molecular formula is C11H12N2. The van der Waals surface area contributed by atoms with Crippen molar-refractivity contribution in [1.82, 2.24) is 5.32 Å². The molecular weight excluding hydrogens is 160 g/mol. The molecule has 2 heteroatoms. The summed E-state index contributed by atoms with van der Waals surface area (Å²) < 4.78 is 0. The highest BCUT2D eigenvalue weighted by molar-refractivity contribution is 5.37. The minimum absolute atomic E-state index is 0.731. The third kappa shape index (κ3) is 1.71. The maximum atomic E-state index is 8.86. The molecule has 0 atom stereocenters. The normalized spacial score (nSPS) is 16.2. The van der Waals surface area contributed by atoms with Crippen molar-refractivity contribution in [2.45, 2.75) is 6.42 Å². The van der Waals surface area contributed by atoms with Crippen LogP contribution in [0.1, 0.15) is 11.1 Å². The first-order chi connectivity index (χ1) is 6.40. The number of hydrogen-bond acceptors (Lipinski definition) is 2. The van der Waals surface area contributed by atoms with Crippen LogP contribution in [0.3, 0.4) is 0 Å². The van der Waals surface area contributed by atoms with Crippen molar-refractivity contribution in [3.8, 4) is 6.07 Å². The van der Waals surface area contributed by atoms with Gasteiger partial charge in [0.15, 0.2) is 0 Å². The second-order valence-corrected chi connectivity index (χ2v) is 3.50. The molecule has 1 fully saturated rings. The maximum Gasteiger partial charge on any atom is 0.0994 e. The summed E-state index contributed by atoms with van der Waals surface area (Å²) in [6.45, 7) is 2.19. The van der Waals surface area contributed by atoms with Gasteiger partial charge < -0.3 is 5.32 Å². The van der Waals surface area contributed by atoms with Gasteiger partial charge in [0.2, 0.25) is 0 Å². The van der Waals surface area contributed by atoms with Gasteiger partial charge >= 0.3 is 0 Å². The average molecular weight is 172 g/mol. The van der Waals surface area contributed by atoms with Gasteiger partial charge in [-0.2, -0.15) is 5.26 Å². The van der Waals surface area contributed by atoms with Crippen LogP contribution in [0.15, 0.2) is 24.3 Å². The number of benzene rings is 1. The molecule has 1 aliphatic rings. The summed E-state index contributed by atoms with van der Waals surface area (Å²) in [5.41, 5.74) is 2.02. The standard InChI is InChI=1S/C11H12N2/c12-6-11-4-2-1-3-10(11)5-9-7-13-8-9/h1-4,9,13H,5,7-8H2. The second-order valence-electron chi connectivity index (χ2n) is 3.50. The van der Waals surface area contributed by atoms with Crippen molar-refractivity contribution in [1.29, 1.82) is 5.26 Å². The molecule has 2 rings (SSSR count). The Balaban J connectivity index is 2.14. The molecule has 1 heterocycles. The van der Waals surface area contributed by atoms with Crippen LogP contribution in [0.5, 0.6) is 0 Å². The van der Waals surface area contributed by atoms with Crippen LogP contribution in [-0.4, -0.2) is 13.1 Å². The SMILES string of the molecule is N#Cc1ccccc1CC1CNC1. The van der Waals surface area contributed by atoms with Gasteiger partial charge in [-0.25, -0.2) is 0 Å². The van der Waals surface area contributed by atoms with Crippen molar-refractivity contribution < 1.29 is 0 Å². The zero-order valence-corrected chi connectivity index (χ0v) is 7.46. The van der Waals surface area contributed by atoms with Crippen LogP contribution in [0.2, 0.25) is 0 Å². The molecule has 0 spiro atoms. The first-order valence-corrected chi connectivity index (χ1v) is 4.59. The quantitative estimate of drug-likeness (QED) is 0.730. The van der Waals surface area contributed by atoms with Gasteiger partial charge in [-0.05, 0) is 37.1 Å². The highest BCUT2D eigenvalue weighted by Gasteiger charge is 2.17. The van der Waals surface area contributed by atoms with E-state index in [0.29, 0.717) is 0 Å². The van der Waals surface area contributed by atoms with E-state index in [4.69, 9.17) is 5.26 Å². The van der Waals surface area contributed by atoms with E-state index in [1.807, 2.05) is 18.2 Å². The molecule has 0 saturated carbocycles. The minimum Gasteiger partial charge on any atom is -0.316 e. The summed E-state index contributed by atoms with van der Waals surface area (Å²) in [7, 11) is 0. The number of nitriles is 1. The summed E-state index contributed by atoms with van der Waals surface area (Å²) in [4.78, 5) is 0. The fourth-order valence-electron chi connectivity index (χ4n) is 1.61. The monoisotopic (exact) mass is 172 g/mol. The van der Waals surface area contributed by atoms with Crippen LogP contribution in [0.4, 0.5) is 0 Å². The van der Waals surface area contributed by atoms with E-state index in [0.717, 1.165) is 31.0 Å². The van der Waals surface area contributed by atoms with E-state index in [1.165, 1.54) is 5.56 Å². The molecule has 1 aromatic rings. The Morgan fingerprint density at radius 1 is 1.38 bits per heavy atom. The van der Waals surface area contributed by atoms with Crippen molar-refractivity contribution in [2.24, 2.45) is 5.92 Å². The largest absolute Gasteiger partial charge is 0.316 e. The Labute approximate surface area is 78.2 Å². The molecule has 0 aromatic heterocycles. The first kappa shape index (κ1) is 8.28. The summed E-state index contributed by atoms with van der Waals surface area (Å²) in [6.07, 6.45) is 1.04. The minimum atomic E-state index is 0.731. The Bertz CT molecular complexity index is 334. The number of hydrogen-bond donors (Lipinski definition) is 1. The molecule has 0 radical (unpaired) electrons. The highest BCUT2D eigenvalue weighted by atomic mass is 14.9. The predicted octanol–water partition coefficient (Wildman–Crippen LogP) is 1.32. The first-order valence-electron chi connectivity index (χ1n) is 4.59. The Morgan fingerprint density at radius 2 is 2.15 bits per heavy atom. The lowest BCUT2D eigenvalue weighted by molar-refractivity contribution is 0.346. The molecule has 0 aliphatic carbocycles. The van der Waals surface area contributed by atoms with Crippen LogP contribution in [0.25, 0.3) is 0 Å². The average Bonchev–Trinajstić information content (AvgIpc) is 2.12. The molecule has 0 bridgehead atoms. The molecule has 2 nitrogen and oxygen atoms in total. The Kier molecular flexibility index (Phi) is 2.29. The van der Waals surface area contributed by atoms with Gasteiger partial charge in [-0.1, -0.05) is 18.2 Å². The lowest BCUT2D eigenvalue weighted by atomic mass is 9.92. The Morgan fingerprint density at radius 3 is 2.77 bits per heavy atom. The van der Waals surface area contributed by atoms with Gasteiger partial charge in [0.05, 0.1) is 11.6 Å². The van der Waals surface area contributed by atoms with Gasteiger partial charge in [-0.15, -0.1) is 0 Å². The third-order valence-corrected chi connectivity index (χ3v) is 2.51. The molecule has 1 N–H and O–H groups in total. The molecule has 1 aromatic carbocycles. The smallest absolute Gasteiger partial charge is 0.0994 e. The lowest BCUT2D eigenvalue weighted by Gasteiger charge is -2.27. The van der Waals surface area contributed by atoms with Crippen molar-refractivity contribution in [2.75, 3.05) is 13.1 Å². The van der Waals surface area contributed by atoms with Crippen molar-refractivity contribution in [3.63, 3.8) is 0 Å². The molecule has 1 saturated heterocycles. The van der Waals surface area contributed by atoms with Gasteiger partial charge in [0.25, 0.3) is 0 Å². The summed E-state index contributed by atoms with van der Waals surface area (Å²) in [6, 6.07) is 10.1. The fourth-order valence-corrected chi connectivity index (χ4v) is 1.61. The van der Waals surface area contributed by atoms with Crippen LogP contribution >= 0.6 is 0 Å². The van der Waals surface area contributed by atoms with E-state index in [1.54, 1.807) is 0 Å². The molecule has 0 unspecified atom stereocenters. The molecule has 0 amide bonds. The molecule has 13 heavy (non-hydrogen) atoms. The molecule has 1 aliphatic heterocycles.